The molecule has 0 aromatic carbocycles. The van der Waals surface area contributed by atoms with Crippen molar-refractivity contribution in [2.75, 3.05) is 22.6 Å². The Bertz CT molecular complexity index is 560. The summed E-state index contributed by atoms with van der Waals surface area (Å²) in [6.45, 7) is 2.15. The molecule has 3 heterocycles. The van der Waals surface area contributed by atoms with Crippen LogP contribution in [0.1, 0.15) is 18.2 Å². The van der Waals surface area contributed by atoms with E-state index in [-0.39, 0.29) is 0 Å². The van der Waals surface area contributed by atoms with Gasteiger partial charge in [0.05, 0.1) is 5.39 Å². The maximum absolute atomic E-state index is 5.79. The van der Waals surface area contributed by atoms with Crippen molar-refractivity contribution in [2.45, 2.75) is 25.8 Å². The number of aryl methyl sites for hydroxylation is 1. The molecule has 1 atom stereocenters. The zero-order valence-corrected chi connectivity index (χ0v) is 11.9. The molecule has 2 aromatic rings. The maximum Gasteiger partial charge on any atom is 0.223 e. The van der Waals surface area contributed by atoms with E-state index in [4.69, 9.17) is 5.73 Å². The zero-order valence-electron chi connectivity index (χ0n) is 10.3. The number of nitrogens with one attached hydrogen (secondary N) is 1. The Morgan fingerprint density at radius 3 is 3.11 bits per heavy atom. The van der Waals surface area contributed by atoms with Gasteiger partial charge in [-0.15, -0.1) is 11.3 Å². The zero-order chi connectivity index (χ0) is 12.5. The molecule has 18 heavy (non-hydrogen) atoms. The van der Waals surface area contributed by atoms with Crippen molar-refractivity contribution in [2.24, 2.45) is 0 Å². The van der Waals surface area contributed by atoms with E-state index in [1.165, 1.54) is 17.1 Å². The summed E-state index contributed by atoms with van der Waals surface area (Å²) < 4.78 is 0. The second-order valence-electron chi connectivity index (χ2n) is 4.42. The fourth-order valence-corrected chi connectivity index (χ4v) is 4.24. The highest BCUT2D eigenvalue weighted by Crippen LogP contribution is 2.31. The molecule has 3 N–H and O–H groups in total. The Hall–Kier alpha value is -1.01. The SMILES string of the molecule is CCc1cc2c(NC3CCSC3)nc(N)nc2s1. The van der Waals surface area contributed by atoms with Crippen molar-refractivity contribution in [3.05, 3.63) is 10.9 Å². The molecule has 1 fully saturated rings. The lowest BCUT2D eigenvalue weighted by Gasteiger charge is -2.12. The van der Waals surface area contributed by atoms with E-state index in [1.54, 1.807) is 11.3 Å². The monoisotopic (exact) mass is 280 g/mol. The van der Waals surface area contributed by atoms with E-state index < -0.39 is 0 Å². The molecule has 0 radical (unpaired) electrons. The van der Waals surface area contributed by atoms with Gasteiger partial charge in [-0.2, -0.15) is 16.7 Å². The molecule has 0 bridgehead atoms. The number of hydrogen-bond acceptors (Lipinski definition) is 6. The molecule has 0 amide bonds. The van der Waals surface area contributed by atoms with Gasteiger partial charge >= 0.3 is 0 Å². The summed E-state index contributed by atoms with van der Waals surface area (Å²) in [5.41, 5.74) is 5.79. The van der Waals surface area contributed by atoms with Crippen LogP contribution in [0.5, 0.6) is 0 Å². The van der Waals surface area contributed by atoms with E-state index in [9.17, 15) is 0 Å². The number of nitrogens with zero attached hydrogens (tertiary/aromatic N) is 2. The molecule has 6 heteroatoms. The predicted octanol–water partition coefficient (Wildman–Crippen LogP) is 2.75. The minimum absolute atomic E-state index is 0.361. The molecular weight excluding hydrogens is 264 g/mol. The molecule has 0 aliphatic carbocycles. The second-order valence-corrected chi connectivity index (χ2v) is 6.69. The molecule has 0 spiro atoms. The lowest BCUT2D eigenvalue weighted by atomic mass is 10.2. The fourth-order valence-electron chi connectivity index (χ4n) is 2.11. The lowest BCUT2D eigenvalue weighted by Crippen LogP contribution is -2.19. The van der Waals surface area contributed by atoms with Gasteiger partial charge in [0, 0.05) is 16.7 Å². The van der Waals surface area contributed by atoms with E-state index in [0.29, 0.717) is 12.0 Å². The van der Waals surface area contributed by atoms with Crippen LogP contribution in [-0.4, -0.2) is 27.5 Å². The molecule has 1 saturated heterocycles. The van der Waals surface area contributed by atoms with Gasteiger partial charge in [-0.25, -0.2) is 4.98 Å². The summed E-state index contributed by atoms with van der Waals surface area (Å²) >= 11 is 3.69. The second kappa shape index (κ2) is 4.93. The number of thioether (sulfide) groups is 1. The van der Waals surface area contributed by atoms with Gasteiger partial charge in [-0.3, -0.25) is 0 Å². The number of nitrogens with two attached hydrogens (primary N) is 1. The van der Waals surface area contributed by atoms with Crippen molar-refractivity contribution in [3.8, 4) is 0 Å². The third-order valence-corrected chi connectivity index (χ3v) is 5.42. The molecular formula is C12H16N4S2. The van der Waals surface area contributed by atoms with Crippen molar-refractivity contribution in [1.82, 2.24) is 9.97 Å². The Labute approximate surface area is 114 Å². The summed E-state index contributed by atoms with van der Waals surface area (Å²) in [7, 11) is 0. The van der Waals surface area contributed by atoms with Crippen molar-refractivity contribution in [1.29, 1.82) is 0 Å². The van der Waals surface area contributed by atoms with E-state index in [1.807, 2.05) is 11.8 Å². The first-order valence-electron chi connectivity index (χ1n) is 6.16. The van der Waals surface area contributed by atoms with Gasteiger partial charge in [-0.05, 0) is 24.7 Å². The van der Waals surface area contributed by atoms with Crippen LogP contribution in [0, 0.1) is 0 Å². The standard InChI is InChI=1S/C12H16N4S2/c1-2-8-5-9-10(14-7-3-4-17-6-7)15-12(13)16-11(9)18-8/h5,7H,2-4,6H2,1H3,(H3,13,14,15,16). The number of thiophene rings is 1. The van der Waals surface area contributed by atoms with E-state index in [0.717, 1.165) is 28.2 Å². The number of fused-ring (bicyclic) bond motifs is 1. The first-order chi connectivity index (χ1) is 8.76. The normalized spacial score (nSPS) is 19.5. The molecule has 1 unspecified atom stereocenters. The van der Waals surface area contributed by atoms with Crippen LogP contribution >= 0.6 is 23.1 Å². The van der Waals surface area contributed by atoms with Gasteiger partial charge < -0.3 is 11.1 Å². The summed E-state index contributed by atoms with van der Waals surface area (Å²) in [5, 5.41) is 4.63. The Morgan fingerprint density at radius 2 is 2.39 bits per heavy atom. The molecule has 0 saturated carbocycles. The average molecular weight is 280 g/mol. The van der Waals surface area contributed by atoms with Crippen molar-refractivity contribution < 1.29 is 0 Å². The summed E-state index contributed by atoms with van der Waals surface area (Å²) in [6.07, 6.45) is 2.22. The summed E-state index contributed by atoms with van der Waals surface area (Å²) in [6, 6.07) is 2.70. The average Bonchev–Trinajstić information content (AvgIpc) is 2.97. The third-order valence-electron chi connectivity index (χ3n) is 3.08. The largest absolute Gasteiger partial charge is 0.368 e. The molecule has 4 nitrogen and oxygen atoms in total. The topological polar surface area (TPSA) is 63.8 Å². The predicted molar refractivity (Wildman–Crippen MR) is 80.6 cm³/mol. The fraction of sp³-hybridized carbons (Fsp3) is 0.500. The summed E-state index contributed by atoms with van der Waals surface area (Å²) in [4.78, 5) is 11.0. The van der Waals surface area contributed by atoms with Crippen LogP contribution in [0.3, 0.4) is 0 Å². The van der Waals surface area contributed by atoms with Crippen LogP contribution < -0.4 is 11.1 Å². The van der Waals surface area contributed by atoms with Gasteiger partial charge in [0.2, 0.25) is 5.95 Å². The van der Waals surface area contributed by atoms with E-state index in [2.05, 4.69) is 28.3 Å². The first-order valence-corrected chi connectivity index (χ1v) is 8.13. The molecule has 1 aliphatic rings. The quantitative estimate of drug-likeness (QED) is 0.905. The van der Waals surface area contributed by atoms with Gasteiger partial charge in [-0.1, -0.05) is 6.92 Å². The number of rotatable bonds is 3. The number of hydrogen-bond donors (Lipinski definition) is 2. The lowest BCUT2D eigenvalue weighted by molar-refractivity contribution is 0.808. The van der Waals surface area contributed by atoms with Gasteiger partial charge in [0.15, 0.2) is 0 Å². The Morgan fingerprint density at radius 1 is 1.50 bits per heavy atom. The highest BCUT2D eigenvalue weighted by molar-refractivity contribution is 7.99. The third kappa shape index (κ3) is 2.27. The maximum atomic E-state index is 5.79. The van der Waals surface area contributed by atoms with Gasteiger partial charge in [0.1, 0.15) is 10.6 Å². The highest BCUT2D eigenvalue weighted by atomic mass is 32.2. The molecule has 2 aromatic heterocycles. The van der Waals surface area contributed by atoms with Crippen LogP contribution in [0.25, 0.3) is 10.2 Å². The van der Waals surface area contributed by atoms with Crippen molar-refractivity contribution >= 4 is 45.1 Å². The van der Waals surface area contributed by atoms with E-state index >= 15 is 0 Å². The first kappa shape index (κ1) is 12.0. The minimum atomic E-state index is 0.361. The van der Waals surface area contributed by atoms with Crippen molar-refractivity contribution in [3.63, 3.8) is 0 Å². The molecule has 3 rings (SSSR count). The van der Waals surface area contributed by atoms with Crippen LogP contribution in [0.4, 0.5) is 11.8 Å². The molecule has 96 valence electrons. The van der Waals surface area contributed by atoms with Gasteiger partial charge in [0.25, 0.3) is 0 Å². The van der Waals surface area contributed by atoms with Crippen LogP contribution in [-0.2, 0) is 6.42 Å². The molecule has 1 aliphatic heterocycles. The van der Waals surface area contributed by atoms with Crippen LogP contribution in [0.15, 0.2) is 6.07 Å². The highest BCUT2D eigenvalue weighted by Gasteiger charge is 2.18. The Balaban J connectivity index is 2.00. The van der Waals surface area contributed by atoms with Crippen LogP contribution in [0.2, 0.25) is 0 Å². The number of nitrogen functional groups attached to an aromatic ring is 1. The number of anilines is 2. The Kier molecular flexibility index (Phi) is 3.30. The smallest absolute Gasteiger partial charge is 0.223 e. The summed E-state index contributed by atoms with van der Waals surface area (Å²) in [5.74, 6) is 3.64. The minimum Gasteiger partial charge on any atom is -0.368 e. The number of aromatic nitrogens is 2.